The quantitative estimate of drug-likeness (QED) is 0.921. The van der Waals surface area contributed by atoms with Crippen LogP contribution in [-0.2, 0) is 6.54 Å². The highest BCUT2D eigenvalue weighted by molar-refractivity contribution is 9.10. The molecule has 2 nitrogen and oxygen atoms in total. The lowest BCUT2D eigenvalue weighted by atomic mass is 10.3. The van der Waals surface area contributed by atoms with Gasteiger partial charge in [0.05, 0.1) is 11.9 Å². The Kier molecular flexibility index (Phi) is 3.61. The van der Waals surface area contributed by atoms with Gasteiger partial charge in [0.2, 0.25) is 0 Å². The molecule has 0 aliphatic rings. The zero-order valence-corrected chi connectivity index (χ0v) is 11.7. The molecular weight excluding hydrogens is 284 g/mol. The van der Waals surface area contributed by atoms with Gasteiger partial charge in [-0.25, -0.2) is 0 Å². The molecule has 84 valence electrons. The molecule has 0 spiro atoms. The molecule has 1 N–H and O–H groups in total. The summed E-state index contributed by atoms with van der Waals surface area (Å²) in [7, 11) is 0. The number of aromatic nitrogens is 1. The van der Waals surface area contributed by atoms with E-state index in [-0.39, 0.29) is 0 Å². The summed E-state index contributed by atoms with van der Waals surface area (Å²) >= 11 is 5.33. The summed E-state index contributed by atoms with van der Waals surface area (Å²) in [6, 6.07) is 6.23. The van der Waals surface area contributed by atoms with E-state index < -0.39 is 0 Å². The molecule has 16 heavy (non-hydrogen) atoms. The smallest absolute Gasteiger partial charge is 0.0529 e. The van der Waals surface area contributed by atoms with Crippen molar-refractivity contribution in [2.75, 3.05) is 5.32 Å². The molecule has 4 heteroatoms. The van der Waals surface area contributed by atoms with Gasteiger partial charge in [0.1, 0.15) is 0 Å². The predicted octanol–water partition coefficient (Wildman–Crippen LogP) is 4.13. The number of aryl methyl sites for hydroxylation is 2. The predicted molar refractivity (Wildman–Crippen MR) is 73.1 cm³/mol. The van der Waals surface area contributed by atoms with E-state index in [4.69, 9.17) is 0 Å². The Morgan fingerprint density at radius 3 is 2.75 bits per heavy atom. The minimum absolute atomic E-state index is 0.849. The molecule has 0 atom stereocenters. The summed E-state index contributed by atoms with van der Waals surface area (Å²) < 4.78 is 1.19. The van der Waals surface area contributed by atoms with E-state index in [1.165, 1.54) is 14.2 Å². The van der Waals surface area contributed by atoms with Crippen molar-refractivity contribution in [3.63, 3.8) is 0 Å². The first-order chi connectivity index (χ1) is 7.65. The maximum absolute atomic E-state index is 4.25. The fraction of sp³-hybridized carbons (Fsp3) is 0.250. The first-order valence-corrected chi connectivity index (χ1v) is 6.67. The van der Waals surface area contributed by atoms with Gasteiger partial charge >= 0.3 is 0 Å². The minimum Gasteiger partial charge on any atom is -0.379 e. The average molecular weight is 297 g/mol. The summed E-state index contributed by atoms with van der Waals surface area (Å²) in [6.45, 7) is 4.96. The lowest BCUT2D eigenvalue weighted by Gasteiger charge is -2.03. The highest BCUT2D eigenvalue weighted by Crippen LogP contribution is 2.26. The Bertz CT molecular complexity index is 457. The molecule has 0 radical (unpaired) electrons. The van der Waals surface area contributed by atoms with Crippen molar-refractivity contribution in [3.8, 4) is 0 Å². The van der Waals surface area contributed by atoms with Crippen molar-refractivity contribution in [2.45, 2.75) is 20.4 Å². The number of halogens is 1. The Labute approximate surface area is 108 Å². The van der Waals surface area contributed by atoms with Crippen LogP contribution in [0.25, 0.3) is 0 Å². The van der Waals surface area contributed by atoms with Gasteiger partial charge in [-0.15, -0.1) is 11.3 Å². The highest BCUT2D eigenvalue weighted by atomic mass is 79.9. The van der Waals surface area contributed by atoms with Gasteiger partial charge in [0.15, 0.2) is 0 Å². The maximum atomic E-state index is 4.25. The molecule has 0 bridgehead atoms. The monoisotopic (exact) mass is 296 g/mol. The van der Waals surface area contributed by atoms with Crippen LogP contribution < -0.4 is 5.32 Å². The van der Waals surface area contributed by atoms with Crippen LogP contribution in [0.2, 0.25) is 0 Å². The lowest BCUT2D eigenvalue weighted by Crippen LogP contribution is -1.97. The van der Waals surface area contributed by atoms with Gasteiger partial charge < -0.3 is 5.32 Å². The van der Waals surface area contributed by atoms with E-state index in [0.29, 0.717) is 0 Å². The van der Waals surface area contributed by atoms with Gasteiger partial charge in [-0.3, -0.25) is 4.98 Å². The molecule has 0 aliphatic carbocycles. The van der Waals surface area contributed by atoms with Crippen LogP contribution in [0.4, 0.5) is 5.69 Å². The van der Waals surface area contributed by atoms with Crippen molar-refractivity contribution >= 4 is 33.0 Å². The third-order valence-corrected chi connectivity index (χ3v) is 4.42. The van der Waals surface area contributed by atoms with Crippen LogP contribution in [0.1, 0.15) is 15.4 Å². The molecule has 2 aromatic rings. The molecule has 0 fully saturated rings. The molecule has 0 aliphatic heterocycles. The largest absolute Gasteiger partial charge is 0.379 e. The number of nitrogens with zero attached hydrogens (tertiary/aromatic N) is 1. The highest BCUT2D eigenvalue weighted by Gasteiger charge is 2.02. The Hall–Kier alpha value is -0.870. The van der Waals surface area contributed by atoms with Gasteiger partial charge in [0, 0.05) is 26.5 Å². The van der Waals surface area contributed by atoms with E-state index in [1.807, 2.05) is 19.2 Å². The van der Waals surface area contributed by atoms with Crippen LogP contribution in [0.5, 0.6) is 0 Å². The van der Waals surface area contributed by atoms with E-state index in [0.717, 1.165) is 17.9 Å². The second kappa shape index (κ2) is 4.97. The van der Waals surface area contributed by atoms with E-state index >= 15 is 0 Å². The second-order valence-electron chi connectivity index (χ2n) is 3.66. The molecule has 2 aromatic heterocycles. The second-order valence-corrected chi connectivity index (χ2v) is 5.85. The molecule has 0 saturated heterocycles. The summed E-state index contributed by atoms with van der Waals surface area (Å²) in [6.07, 6.45) is 1.87. The number of pyridine rings is 1. The van der Waals surface area contributed by atoms with Crippen molar-refractivity contribution in [1.29, 1.82) is 0 Å². The first kappa shape index (κ1) is 11.6. The van der Waals surface area contributed by atoms with E-state index in [9.17, 15) is 0 Å². The molecule has 2 heterocycles. The van der Waals surface area contributed by atoms with Gasteiger partial charge in [0.25, 0.3) is 0 Å². The Balaban J connectivity index is 1.99. The minimum atomic E-state index is 0.849. The van der Waals surface area contributed by atoms with Crippen LogP contribution >= 0.6 is 27.3 Å². The molecule has 0 amide bonds. The number of hydrogen-bond donors (Lipinski definition) is 1. The van der Waals surface area contributed by atoms with Gasteiger partial charge in [-0.1, -0.05) is 0 Å². The summed E-state index contributed by atoms with van der Waals surface area (Å²) in [5.74, 6) is 0. The first-order valence-electron chi connectivity index (χ1n) is 5.06. The molecule has 0 saturated carbocycles. The van der Waals surface area contributed by atoms with E-state index in [1.54, 1.807) is 11.3 Å². The number of anilines is 1. The fourth-order valence-electron chi connectivity index (χ4n) is 1.37. The fourth-order valence-corrected chi connectivity index (χ4v) is 2.91. The normalized spacial score (nSPS) is 10.4. The van der Waals surface area contributed by atoms with Crippen molar-refractivity contribution < 1.29 is 0 Å². The van der Waals surface area contributed by atoms with Gasteiger partial charge in [-0.2, -0.15) is 0 Å². The zero-order valence-electron chi connectivity index (χ0n) is 9.25. The number of hydrogen-bond acceptors (Lipinski definition) is 3. The maximum Gasteiger partial charge on any atom is 0.0529 e. The zero-order chi connectivity index (χ0) is 11.5. The summed E-state index contributed by atoms with van der Waals surface area (Å²) in [5.41, 5.74) is 2.10. The summed E-state index contributed by atoms with van der Waals surface area (Å²) in [4.78, 5) is 6.89. The van der Waals surface area contributed by atoms with Crippen LogP contribution in [0.15, 0.2) is 28.9 Å². The van der Waals surface area contributed by atoms with Crippen molar-refractivity contribution in [2.24, 2.45) is 0 Å². The standard InChI is InChI=1S/C12H13BrN2S/c1-8-3-4-10(6-14-8)15-7-11-5-12(13)9(2)16-11/h3-6,15H,7H2,1-2H3. The third kappa shape index (κ3) is 2.83. The summed E-state index contributed by atoms with van der Waals surface area (Å²) in [5, 5.41) is 3.36. The molecule has 0 aromatic carbocycles. The number of rotatable bonds is 3. The Morgan fingerprint density at radius 2 is 2.19 bits per heavy atom. The average Bonchev–Trinajstić information content (AvgIpc) is 2.58. The number of nitrogens with one attached hydrogen (secondary N) is 1. The molecular formula is C12H13BrN2S. The SMILES string of the molecule is Cc1ccc(NCc2cc(Br)c(C)s2)cn1. The third-order valence-electron chi connectivity index (χ3n) is 2.29. The lowest BCUT2D eigenvalue weighted by molar-refractivity contribution is 1.14. The van der Waals surface area contributed by atoms with Crippen LogP contribution in [-0.4, -0.2) is 4.98 Å². The van der Waals surface area contributed by atoms with E-state index in [2.05, 4.69) is 45.3 Å². The van der Waals surface area contributed by atoms with Crippen LogP contribution in [0, 0.1) is 13.8 Å². The molecule has 2 rings (SSSR count). The van der Waals surface area contributed by atoms with Gasteiger partial charge in [-0.05, 0) is 48.0 Å². The topological polar surface area (TPSA) is 24.9 Å². The van der Waals surface area contributed by atoms with Crippen molar-refractivity contribution in [3.05, 3.63) is 44.3 Å². The van der Waals surface area contributed by atoms with Crippen molar-refractivity contribution in [1.82, 2.24) is 4.98 Å². The van der Waals surface area contributed by atoms with Crippen LogP contribution in [0.3, 0.4) is 0 Å². The molecule has 0 unspecified atom stereocenters. The number of thiophene rings is 1. The Morgan fingerprint density at radius 1 is 1.38 bits per heavy atom.